The highest BCUT2D eigenvalue weighted by Gasteiger charge is 2.18. The molecule has 1 unspecified atom stereocenters. The number of hydrogen-bond donors (Lipinski definition) is 2. The Morgan fingerprint density at radius 2 is 1.65 bits per heavy atom. The molecule has 1 aliphatic rings. The van der Waals surface area contributed by atoms with E-state index < -0.39 is 6.04 Å². The monoisotopic (exact) mass is 352 g/mol. The highest BCUT2D eigenvalue weighted by Crippen LogP contribution is 2.25. The van der Waals surface area contributed by atoms with Crippen LogP contribution in [0.4, 0.5) is 5.69 Å². The number of carbonyl (C=O) groups is 2. The molecule has 0 saturated heterocycles. The van der Waals surface area contributed by atoms with Gasteiger partial charge in [0.05, 0.1) is 6.10 Å². The third-order valence-electron chi connectivity index (χ3n) is 4.50. The van der Waals surface area contributed by atoms with Crippen molar-refractivity contribution in [3.63, 3.8) is 0 Å². The molecule has 0 aromatic heterocycles. The van der Waals surface area contributed by atoms with Gasteiger partial charge in [-0.05, 0) is 69.0 Å². The smallest absolute Gasteiger partial charge is 0.251 e. The first-order valence-electron chi connectivity index (χ1n) is 9.05. The fourth-order valence-corrected chi connectivity index (χ4v) is 3.00. The molecule has 136 valence electrons. The van der Waals surface area contributed by atoms with Crippen molar-refractivity contribution in [1.82, 2.24) is 5.32 Å². The lowest BCUT2D eigenvalue weighted by molar-refractivity contribution is -0.117. The van der Waals surface area contributed by atoms with Gasteiger partial charge in [0.1, 0.15) is 11.8 Å². The van der Waals surface area contributed by atoms with Crippen LogP contribution in [-0.2, 0) is 4.79 Å². The molecule has 26 heavy (non-hydrogen) atoms. The van der Waals surface area contributed by atoms with Crippen molar-refractivity contribution in [3.8, 4) is 5.75 Å². The molecule has 0 heterocycles. The maximum absolute atomic E-state index is 12.3. The molecule has 1 fully saturated rings. The molecule has 2 N–H and O–H groups in total. The van der Waals surface area contributed by atoms with Crippen molar-refractivity contribution in [2.24, 2.45) is 0 Å². The van der Waals surface area contributed by atoms with Crippen molar-refractivity contribution in [2.45, 2.75) is 44.8 Å². The minimum absolute atomic E-state index is 0.265. The lowest BCUT2D eigenvalue weighted by Crippen LogP contribution is -2.41. The van der Waals surface area contributed by atoms with Gasteiger partial charge in [0.25, 0.3) is 5.91 Å². The molecule has 5 nitrogen and oxygen atoms in total. The molecule has 3 rings (SSSR count). The van der Waals surface area contributed by atoms with E-state index >= 15 is 0 Å². The highest BCUT2D eigenvalue weighted by atomic mass is 16.5. The van der Waals surface area contributed by atoms with Crippen LogP contribution >= 0.6 is 0 Å². The van der Waals surface area contributed by atoms with Gasteiger partial charge in [0, 0.05) is 11.3 Å². The van der Waals surface area contributed by atoms with Gasteiger partial charge in [-0.2, -0.15) is 0 Å². The Labute approximate surface area is 153 Å². The van der Waals surface area contributed by atoms with E-state index in [-0.39, 0.29) is 11.8 Å². The summed E-state index contributed by atoms with van der Waals surface area (Å²) in [7, 11) is 0. The van der Waals surface area contributed by atoms with E-state index in [0.29, 0.717) is 17.4 Å². The molecule has 0 spiro atoms. The summed E-state index contributed by atoms with van der Waals surface area (Å²) in [5.74, 6) is 0.285. The number of anilines is 1. The second-order valence-electron chi connectivity index (χ2n) is 6.60. The molecular weight excluding hydrogens is 328 g/mol. The molecule has 0 radical (unpaired) electrons. The molecule has 2 amide bonds. The van der Waals surface area contributed by atoms with Gasteiger partial charge in [-0.1, -0.05) is 18.2 Å². The zero-order valence-electron chi connectivity index (χ0n) is 14.9. The zero-order valence-corrected chi connectivity index (χ0v) is 14.9. The molecule has 2 aromatic rings. The van der Waals surface area contributed by atoms with E-state index in [9.17, 15) is 9.59 Å². The molecular formula is C21H24N2O3. The lowest BCUT2D eigenvalue weighted by atomic mass is 10.2. The maximum atomic E-state index is 12.3. The third kappa shape index (κ3) is 4.85. The summed E-state index contributed by atoms with van der Waals surface area (Å²) in [6.07, 6.45) is 4.98. The van der Waals surface area contributed by atoms with E-state index in [2.05, 4.69) is 10.6 Å². The Morgan fingerprint density at radius 1 is 1.00 bits per heavy atom. The van der Waals surface area contributed by atoms with Gasteiger partial charge < -0.3 is 15.4 Å². The van der Waals surface area contributed by atoms with Gasteiger partial charge in [-0.3, -0.25) is 9.59 Å². The van der Waals surface area contributed by atoms with Crippen molar-refractivity contribution in [3.05, 3.63) is 60.2 Å². The summed E-state index contributed by atoms with van der Waals surface area (Å²) >= 11 is 0. The minimum Gasteiger partial charge on any atom is -0.490 e. The van der Waals surface area contributed by atoms with E-state index in [0.717, 1.165) is 18.6 Å². The number of nitrogens with one attached hydrogen (secondary N) is 2. The number of benzene rings is 2. The number of amides is 2. The fourth-order valence-electron chi connectivity index (χ4n) is 3.00. The third-order valence-corrected chi connectivity index (χ3v) is 4.50. The molecule has 1 saturated carbocycles. The standard InChI is InChI=1S/C21H24N2O3/c1-15(22-21(25)16-7-3-2-4-8-16)20(24)23-17-11-13-19(14-12-17)26-18-9-5-6-10-18/h2-4,7-8,11-15,18H,5-6,9-10H2,1H3,(H,22,25)(H,23,24). The predicted octanol–water partition coefficient (Wildman–Crippen LogP) is 3.77. The molecule has 0 bridgehead atoms. The van der Waals surface area contributed by atoms with Gasteiger partial charge in [0.2, 0.25) is 5.91 Å². The van der Waals surface area contributed by atoms with Crippen LogP contribution in [0.15, 0.2) is 54.6 Å². The Morgan fingerprint density at radius 3 is 2.31 bits per heavy atom. The Balaban J connectivity index is 1.51. The van der Waals surface area contributed by atoms with E-state index in [1.165, 1.54) is 12.8 Å². The van der Waals surface area contributed by atoms with Gasteiger partial charge >= 0.3 is 0 Å². The van der Waals surface area contributed by atoms with Gasteiger partial charge in [-0.15, -0.1) is 0 Å². The molecule has 0 aliphatic heterocycles. The van der Waals surface area contributed by atoms with Crippen LogP contribution in [0, 0.1) is 0 Å². The SMILES string of the molecule is CC(NC(=O)c1ccccc1)C(=O)Nc1ccc(OC2CCCC2)cc1. The average Bonchev–Trinajstić information content (AvgIpc) is 3.17. The van der Waals surface area contributed by atoms with Crippen molar-refractivity contribution >= 4 is 17.5 Å². The largest absolute Gasteiger partial charge is 0.490 e. The lowest BCUT2D eigenvalue weighted by Gasteiger charge is -2.15. The summed E-state index contributed by atoms with van der Waals surface area (Å²) in [4.78, 5) is 24.4. The minimum atomic E-state index is -0.642. The predicted molar refractivity (Wildman–Crippen MR) is 101 cm³/mol. The zero-order chi connectivity index (χ0) is 18.4. The summed E-state index contributed by atoms with van der Waals surface area (Å²) in [6, 6.07) is 15.5. The summed E-state index contributed by atoms with van der Waals surface area (Å²) in [5, 5.41) is 5.51. The summed E-state index contributed by atoms with van der Waals surface area (Å²) in [5.41, 5.74) is 1.20. The Bertz CT molecular complexity index is 738. The quantitative estimate of drug-likeness (QED) is 0.832. The normalized spacial score (nSPS) is 15.3. The molecule has 1 atom stereocenters. The number of ether oxygens (including phenoxy) is 1. The number of rotatable bonds is 6. The Kier molecular flexibility index (Phi) is 5.89. The van der Waals surface area contributed by atoms with E-state index in [1.807, 2.05) is 30.3 Å². The first kappa shape index (κ1) is 18.0. The fraction of sp³-hybridized carbons (Fsp3) is 0.333. The first-order valence-corrected chi connectivity index (χ1v) is 9.05. The second kappa shape index (κ2) is 8.52. The molecule has 1 aliphatic carbocycles. The maximum Gasteiger partial charge on any atom is 0.251 e. The Hall–Kier alpha value is -2.82. The van der Waals surface area contributed by atoms with Crippen molar-refractivity contribution in [1.29, 1.82) is 0 Å². The van der Waals surface area contributed by atoms with Crippen LogP contribution in [0.2, 0.25) is 0 Å². The van der Waals surface area contributed by atoms with Crippen LogP contribution in [-0.4, -0.2) is 24.0 Å². The second-order valence-corrected chi connectivity index (χ2v) is 6.60. The van der Waals surface area contributed by atoms with Crippen LogP contribution < -0.4 is 15.4 Å². The van der Waals surface area contributed by atoms with Crippen molar-refractivity contribution < 1.29 is 14.3 Å². The van der Waals surface area contributed by atoms with E-state index in [4.69, 9.17) is 4.74 Å². The summed E-state index contributed by atoms with van der Waals surface area (Å²) < 4.78 is 5.91. The van der Waals surface area contributed by atoms with Crippen LogP contribution in [0.5, 0.6) is 5.75 Å². The summed E-state index contributed by atoms with van der Waals surface area (Å²) in [6.45, 7) is 1.66. The molecule has 5 heteroatoms. The van der Waals surface area contributed by atoms with Gasteiger partial charge in [0.15, 0.2) is 0 Å². The van der Waals surface area contributed by atoms with Gasteiger partial charge in [-0.25, -0.2) is 0 Å². The highest BCUT2D eigenvalue weighted by molar-refractivity contribution is 6.00. The topological polar surface area (TPSA) is 67.4 Å². The van der Waals surface area contributed by atoms with Crippen LogP contribution in [0.3, 0.4) is 0 Å². The van der Waals surface area contributed by atoms with Crippen LogP contribution in [0.1, 0.15) is 43.0 Å². The number of carbonyl (C=O) groups excluding carboxylic acids is 2. The average molecular weight is 352 g/mol. The van der Waals surface area contributed by atoms with Crippen LogP contribution in [0.25, 0.3) is 0 Å². The van der Waals surface area contributed by atoms with Crippen molar-refractivity contribution in [2.75, 3.05) is 5.32 Å². The van der Waals surface area contributed by atoms with E-state index in [1.54, 1.807) is 31.2 Å². The molecule has 2 aromatic carbocycles. The number of hydrogen-bond acceptors (Lipinski definition) is 3. The first-order chi connectivity index (χ1) is 12.6.